The zero-order valence-electron chi connectivity index (χ0n) is 6.53. The maximum absolute atomic E-state index is 10.7. The molecule has 0 radical (unpaired) electrons. The average Bonchev–Trinajstić information content (AvgIpc) is 1.98. The molecule has 0 aliphatic carbocycles. The molecule has 0 heterocycles. The zero-order chi connectivity index (χ0) is 8.85. The first kappa shape index (κ1) is 10.3. The van der Waals surface area contributed by atoms with E-state index in [9.17, 15) is 9.59 Å². The monoisotopic (exact) mass is 177 g/mol. The van der Waals surface area contributed by atoms with Crippen LogP contribution in [0.5, 0.6) is 0 Å². The van der Waals surface area contributed by atoms with E-state index in [-0.39, 0.29) is 0 Å². The van der Waals surface area contributed by atoms with Gasteiger partial charge >= 0.3 is 11.9 Å². The van der Waals surface area contributed by atoms with Crippen molar-refractivity contribution >= 4 is 23.6 Å². The Morgan fingerprint density at radius 1 is 1.55 bits per heavy atom. The Balaban J connectivity index is 3.73. The van der Waals surface area contributed by atoms with Gasteiger partial charge in [-0.15, -0.1) is 0 Å². The predicted molar refractivity (Wildman–Crippen MR) is 43.7 cm³/mol. The third-order valence-corrected chi connectivity index (χ3v) is 1.75. The maximum Gasteiger partial charge on any atom is 0.394 e. The molecule has 0 aliphatic heterocycles. The van der Waals surface area contributed by atoms with E-state index in [0.717, 1.165) is 5.75 Å². The van der Waals surface area contributed by atoms with Crippen molar-refractivity contribution in [3.05, 3.63) is 0 Å². The van der Waals surface area contributed by atoms with Gasteiger partial charge in [0.1, 0.15) is 0 Å². The first-order valence-electron chi connectivity index (χ1n) is 3.07. The molecular weight excluding hydrogens is 166 g/mol. The summed E-state index contributed by atoms with van der Waals surface area (Å²) in [7, 11) is 1.48. The quantitative estimate of drug-likeness (QED) is 0.611. The number of carbonyl (C=O) groups excluding carboxylic acids is 1. The van der Waals surface area contributed by atoms with E-state index in [1.165, 1.54) is 11.9 Å². The van der Waals surface area contributed by atoms with Crippen LogP contribution in [0.3, 0.4) is 0 Å². The van der Waals surface area contributed by atoms with Crippen LogP contribution in [-0.4, -0.2) is 47.5 Å². The predicted octanol–water partition coefficient (Wildman–Crippen LogP) is -0.108. The largest absolute Gasteiger partial charge is 0.474 e. The fourth-order valence-electron chi connectivity index (χ4n) is 0.493. The lowest BCUT2D eigenvalue weighted by Gasteiger charge is -2.12. The number of carboxylic acid groups (broad SMARTS) is 1. The topological polar surface area (TPSA) is 57.6 Å². The summed E-state index contributed by atoms with van der Waals surface area (Å²) in [5, 5.41) is 8.25. The molecule has 1 N–H and O–H groups in total. The Morgan fingerprint density at radius 3 is 2.45 bits per heavy atom. The van der Waals surface area contributed by atoms with E-state index in [2.05, 4.69) is 0 Å². The second-order valence-electron chi connectivity index (χ2n) is 2.02. The Labute approximate surface area is 69.6 Å². The van der Waals surface area contributed by atoms with Crippen LogP contribution >= 0.6 is 11.8 Å². The number of hydrogen-bond donors (Lipinski definition) is 1. The zero-order valence-corrected chi connectivity index (χ0v) is 7.35. The van der Waals surface area contributed by atoms with Crippen molar-refractivity contribution in [2.75, 3.05) is 25.6 Å². The highest BCUT2D eigenvalue weighted by molar-refractivity contribution is 7.98. The van der Waals surface area contributed by atoms with Gasteiger partial charge in [0.05, 0.1) is 0 Å². The lowest BCUT2D eigenvalue weighted by molar-refractivity contribution is -0.154. The van der Waals surface area contributed by atoms with Crippen molar-refractivity contribution in [1.82, 2.24) is 4.90 Å². The van der Waals surface area contributed by atoms with Gasteiger partial charge in [0.15, 0.2) is 0 Å². The summed E-state index contributed by atoms with van der Waals surface area (Å²) in [5.74, 6) is -1.48. The van der Waals surface area contributed by atoms with Crippen molar-refractivity contribution in [3.63, 3.8) is 0 Å². The molecule has 0 fully saturated rings. The van der Waals surface area contributed by atoms with E-state index in [1.54, 1.807) is 11.8 Å². The van der Waals surface area contributed by atoms with Crippen LogP contribution in [0.2, 0.25) is 0 Å². The van der Waals surface area contributed by atoms with Gasteiger partial charge in [0.25, 0.3) is 0 Å². The standard InChI is InChI=1S/C6H11NO3S/c1-7(3-4-11-2)5(8)6(9)10/h3-4H2,1-2H3,(H,9,10). The molecule has 4 nitrogen and oxygen atoms in total. The smallest absolute Gasteiger partial charge is 0.394 e. The highest BCUT2D eigenvalue weighted by Crippen LogP contribution is 1.93. The minimum atomic E-state index is -1.39. The normalized spacial score (nSPS) is 9.27. The highest BCUT2D eigenvalue weighted by Gasteiger charge is 2.15. The Bertz CT molecular complexity index is 160. The lowest BCUT2D eigenvalue weighted by Crippen LogP contribution is -2.34. The maximum atomic E-state index is 10.7. The van der Waals surface area contributed by atoms with Gasteiger partial charge in [0.2, 0.25) is 0 Å². The molecule has 0 saturated heterocycles. The average molecular weight is 177 g/mol. The first-order chi connectivity index (χ1) is 5.09. The van der Waals surface area contributed by atoms with Gasteiger partial charge in [-0.1, -0.05) is 0 Å². The van der Waals surface area contributed by atoms with Crippen LogP contribution in [0.1, 0.15) is 0 Å². The van der Waals surface area contributed by atoms with E-state index in [4.69, 9.17) is 5.11 Å². The molecule has 0 bridgehead atoms. The molecule has 0 atom stereocenters. The highest BCUT2D eigenvalue weighted by atomic mass is 32.2. The molecule has 0 aromatic rings. The van der Waals surface area contributed by atoms with Gasteiger partial charge in [-0.3, -0.25) is 4.79 Å². The van der Waals surface area contributed by atoms with Crippen molar-refractivity contribution < 1.29 is 14.7 Å². The number of amides is 1. The summed E-state index contributed by atoms with van der Waals surface area (Å²) in [4.78, 5) is 22.0. The SMILES string of the molecule is CSCCN(C)C(=O)C(=O)O. The van der Waals surface area contributed by atoms with Gasteiger partial charge in [-0.2, -0.15) is 11.8 Å². The van der Waals surface area contributed by atoms with Crippen LogP contribution in [0.15, 0.2) is 0 Å². The Kier molecular flexibility index (Phi) is 4.69. The fourth-order valence-corrected chi connectivity index (χ4v) is 0.949. The van der Waals surface area contributed by atoms with Crippen LogP contribution < -0.4 is 0 Å². The number of nitrogens with zero attached hydrogens (tertiary/aromatic N) is 1. The van der Waals surface area contributed by atoms with Crippen LogP contribution in [0, 0.1) is 0 Å². The molecule has 0 unspecified atom stereocenters. The first-order valence-corrected chi connectivity index (χ1v) is 4.46. The minimum Gasteiger partial charge on any atom is -0.474 e. The summed E-state index contributed by atoms with van der Waals surface area (Å²) in [5.41, 5.74) is 0. The fraction of sp³-hybridized carbons (Fsp3) is 0.667. The number of thioether (sulfide) groups is 1. The number of likely N-dealkylation sites (N-methyl/N-ethyl adjacent to an activating group) is 1. The molecule has 0 rings (SSSR count). The number of aliphatic carboxylic acids is 1. The van der Waals surface area contributed by atoms with Crippen molar-refractivity contribution in [3.8, 4) is 0 Å². The lowest BCUT2D eigenvalue weighted by atomic mass is 10.5. The van der Waals surface area contributed by atoms with Gasteiger partial charge in [-0.05, 0) is 6.26 Å². The van der Waals surface area contributed by atoms with E-state index in [0.29, 0.717) is 6.54 Å². The molecule has 0 saturated carbocycles. The van der Waals surface area contributed by atoms with Crippen molar-refractivity contribution in [2.45, 2.75) is 0 Å². The summed E-state index contributed by atoms with van der Waals surface area (Å²) in [6, 6.07) is 0. The number of carbonyl (C=O) groups is 2. The molecule has 0 aliphatic rings. The molecule has 0 aromatic carbocycles. The third kappa shape index (κ3) is 3.87. The second-order valence-corrected chi connectivity index (χ2v) is 3.01. The number of hydrogen-bond acceptors (Lipinski definition) is 3. The summed E-state index contributed by atoms with van der Waals surface area (Å²) < 4.78 is 0. The molecule has 0 aromatic heterocycles. The van der Waals surface area contributed by atoms with Crippen LogP contribution in [0.25, 0.3) is 0 Å². The van der Waals surface area contributed by atoms with Gasteiger partial charge in [0, 0.05) is 19.3 Å². The Morgan fingerprint density at radius 2 is 2.09 bits per heavy atom. The molecule has 64 valence electrons. The molecular formula is C6H11NO3S. The number of carboxylic acids is 1. The Hall–Kier alpha value is -0.710. The summed E-state index contributed by atoms with van der Waals surface area (Å²) >= 11 is 1.57. The van der Waals surface area contributed by atoms with Gasteiger partial charge < -0.3 is 10.0 Å². The molecule has 1 amide bonds. The molecule has 5 heteroatoms. The van der Waals surface area contributed by atoms with E-state index in [1.807, 2.05) is 6.26 Å². The van der Waals surface area contributed by atoms with Crippen LogP contribution in [-0.2, 0) is 9.59 Å². The second kappa shape index (κ2) is 5.01. The van der Waals surface area contributed by atoms with Crippen molar-refractivity contribution in [2.24, 2.45) is 0 Å². The molecule has 11 heavy (non-hydrogen) atoms. The summed E-state index contributed by atoms with van der Waals surface area (Å²) in [6.45, 7) is 0.478. The van der Waals surface area contributed by atoms with Gasteiger partial charge in [-0.25, -0.2) is 4.79 Å². The van der Waals surface area contributed by atoms with E-state index < -0.39 is 11.9 Å². The number of rotatable bonds is 3. The molecule has 0 spiro atoms. The van der Waals surface area contributed by atoms with E-state index >= 15 is 0 Å². The minimum absolute atomic E-state index is 0.478. The van der Waals surface area contributed by atoms with Crippen molar-refractivity contribution in [1.29, 1.82) is 0 Å². The third-order valence-electron chi connectivity index (χ3n) is 1.16. The van der Waals surface area contributed by atoms with Crippen LogP contribution in [0.4, 0.5) is 0 Å². The summed E-state index contributed by atoms with van der Waals surface area (Å²) in [6.07, 6.45) is 1.90.